The second-order valence-electron chi connectivity index (χ2n) is 4.42. The second-order valence-corrected chi connectivity index (χ2v) is 4.42. The summed E-state index contributed by atoms with van der Waals surface area (Å²) in [6, 6.07) is 5.13. The molecule has 0 aliphatic carbocycles. The van der Waals surface area contributed by atoms with Crippen LogP contribution in [0.5, 0.6) is 11.5 Å². The number of ketones is 1. The van der Waals surface area contributed by atoms with Gasteiger partial charge in [-0.05, 0) is 18.1 Å². The fraction of sp³-hybridized carbons (Fsp3) is 0.533. The molecule has 1 atom stereocenters. The minimum Gasteiger partial charge on any atom is -0.496 e. The third-order valence-corrected chi connectivity index (χ3v) is 3.44. The standard InChI is InChI=1S/C15H22O4/c1-5-10(6-2)14(16)15(17)13-11(18-3)8-7-9-12(13)19-4/h7-10,14,16H,5-6H2,1-4H3. The molecule has 4 heteroatoms. The fourth-order valence-corrected chi connectivity index (χ4v) is 2.19. The number of methoxy groups -OCH3 is 2. The van der Waals surface area contributed by atoms with E-state index in [4.69, 9.17) is 9.47 Å². The van der Waals surface area contributed by atoms with E-state index in [0.29, 0.717) is 17.1 Å². The van der Waals surface area contributed by atoms with E-state index in [1.165, 1.54) is 14.2 Å². The summed E-state index contributed by atoms with van der Waals surface area (Å²) in [6.07, 6.45) is 0.474. The summed E-state index contributed by atoms with van der Waals surface area (Å²) < 4.78 is 10.4. The van der Waals surface area contributed by atoms with Crippen molar-refractivity contribution in [3.63, 3.8) is 0 Å². The molecular formula is C15H22O4. The van der Waals surface area contributed by atoms with E-state index in [2.05, 4.69) is 0 Å². The summed E-state index contributed by atoms with van der Waals surface area (Å²) in [5, 5.41) is 10.2. The Bertz CT molecular complexity index is 402. The summed E-state index contributed by atoms with van der Waals surface area (Å²) >= 11 is 0. The zero-order valence-electron chi connectivity index (χ0n) is 12.0. The number of hydrogen-bond donors (Lipinski definition) is 1. The van der Waals surface area contributed by atoms with E-state index in [1.807, 2.05) is 13.8 Å². The molecule has 0 heterocycles. The zero-order chi connectivity index (χ0) is 14.4. The first-order valence-electron chi connectivity index (χ1n) is 6.53. The van der Waals surface area contributed by atoms with Crippen LogP contribution in [0.25, 0.3) is 0 Å². The lowest BCUT2D eigenvalue weighted by Crippen LogP contribution is -2.29. The van der Waals surface area contributed by atoms with E-state index < -0.39 is 6.10 Å². The minimum absolute atomic E-state index is 0.0536. The van der Waals surface area contributed by atoms with Gasteiger partial charge in [0.05, 0.1) is 14.2 Å². The van der Waals surface area contributed by atoms with Crippen molar-refractivity contribution in [2.24, 2.45) is 5.92 Å². The molecule has 1 aromatic carbocycles. The molecule has 0 bridgehead atoms. The van der Waals surface area contributed by atoms with E-state index in [9.17, 15) is 9.90 Å². The van der Waals surface area contributed by atoms with E-state index >= 15 is 0 Å². The van der Waals surface area contributed by atoms with Crippen LogP contribution in [0.2, 0.25) is 0 Å². The predicted molar refractivity (Wildman–Crippen MR) is 74.0 cm³/mol. The van der Waals surface area contributed by atoms with Gasteiger partial charge >= 0.3 is 0 Å². The lowest BCUT2D eigenvalue weighted by molar-refractivity contribution is 0.0582. The van der Waals surface area contributed by atoms with Gasteiger partial charge in [-0.25, -0.2) is 0 Å². The molecule has 19 heavy (non-hydrogen) atoms. The third kappa shape index (κ3) is 3.26. The van der Waals surface area contributed by atoms with Crippen LogP contribution in [0.15, 0.2) is 18.2 Å². The van der Waals surface area contributed by atoms with Crippen LogP contribution in [-0.2, 0) is 0 Å². The summed E-state index contributed by atoms with van der Waals surface area (Å²) in [5.41, 5.74) is 0.312. The summed E-state index contributed by atoms with van der Waals surface area (Å²) in [4.78, 5) is 12.5. The number of carbonyl (C=O) groups excluding carboxylic acids is 1. The molecule has 0 aliphatic rings. The molecule has 1 N–H and O–H groups in total. The molecular weight excluding hydrogens is 244 g/mol. The first-order chi connectivity index (χ1) is 9.10. The molecule has 0 fully saturated rings. The smallest absolute Gasteiger partial charge is 0.199 e. The Kier molecular flexibility index (Phi) is 5.83. The Morgan fingerprint density at radius 1 is 1.16 bits per heavy atom. The van der Waals surface area contributed by atoms with Crippen molar-refractivity contribution in [3.05, 3.63) is 23.8 Å². The van der Waals surface area contributed by atoms with Gasteiger partial charge < -0.3 is 14.6 Å². The van der Waals surface area contributed by atoms with Gasteiger partial charge in [0.15, 0.2) is 5.78 Å². The first kappa shape index (κ1) is 15.5. The van der Waals surface area contributed by atoms with Gasteiger partial charge in [0.1, 0.15) is 23.2 Å². The highest BCUT2D eigenvalue weighted by molar-refractivity contribution is 6.04. The van der Waals surface area contributed by atoms with Gasteiger partial charge in [0, 0.05) is 0 Å². The molecule has 0 amide bonds. The maximum atomic E-state index is 12.5. The van der Waals surface area contributed by atoms with Crippen LogP contribution < -0.4 is 9.47 Å². The van der Waals surface area contributed by atoms with Crippen molar-refractivity contribution in [2.75, 3.05) is 14.2 Å². The molecule has 1 rings (SSSR count). The Morgan fingerprint density at radius 2 is 1.63 bits per heavy atom. The van der Waals surface area contributed by atoms with Crippen molar-refractivity contribution in [1.82, 2.24) is 0 Å². The second kappa shape index (κ2) is 7.14. The van der Waals surface area contributed by atoms with Crippen LogP contribution in [0.3, 0.4) is 0 Å². The Hall–Kier alpha value is -1.55. The van der Waals surface area contributed by atoms with Crippen molar-refractivity contribution >= 4 is 5.78 Å². The van der Waals surface area contributed by atoms with Crippen LogP contribution >= 0.6 is 0 Å². The van der Waals surface area contributed by atoms with Crippen LogP contribution in [0.4, 0.5) is 0 Å². The highest BCUT2D eigenvalue weighted by Gasteiger charge is 2.29. The zero-order valence-corrected chi connectivity index (χ0v) is 12.0. The summed E-state index contributed by atoms with van der Waals surface area (Å²) in [5.74, 6) is 0.453. The van der Waals surface area contributed by atoms with Crippen LogP contribution in [0.1, 0.15) is 37.0 Å². The fourth-order valence-electron chi connectivity index (χ4n) is 2.19. The molecule has 0 radical (unpaired) electrons. The highest BCUT2D eigenvalue weighted by Crippen LogP contribution is 2.31. The van der Waals surface area contributed by atoms with E-state index in [1.54, 1.807) is 18.2 Å². The number of ether oxygens (including phenoxy) is 2. The number of aliphatic hydroxyl groups is 1. The molecule has 0 saturated carbocycles. The average molecular weight is 266 g/mol. The first-order valence-corrected chi connectivity index (χ1v) is 6.53. The normalized spacial score (nSPS) is 12.3. The topological polar surface area (TPSA) is 55.8 Å². The predicted octanol–water partition coefficient (Wildman–Crippen LogP) is 2.68. The van der Waals surface area contributed by atoms with Gasteiger partial charge in [-0.1, -0.05) is 32.8 Å². The number of aliphatic hydroxyl groups excluding tert-OH is 1. The Labute approximate surface area is 114 Å². The van der Waals surface area contributed by atoms with E-state index in [0.717, 1.165) is 12.8 Å². The van der Waals surface area contributed by atoms with E-state index in [-0.39, 0.29) is 11.7 Å². The lowest BCUT2D eigenvalue weighted by atomic mass is 9.90. The van der Waals surface area contributed by atoms with Crippen molar-refractivity contribution in [1.29, 1.82) is 0 Å². The SMILES string of the molecule is CCC(CC)C(O)C(=O)c1c(OC)cccc1OC. The van der Waals surface area contributed by atoms with Crippen molar-refractivity contribution in [3.8, 4) is 11.5 Å². The summed E-state index contributed by atoms with van der Waals surface area (Å²) in [7, 11) is 2.99. The van der Waals surface area contributed by atoms with Crippen molar-refractivity contribution in [2.45, 2.75) is 32.8 Å². The van der Waals surface area contributed by atoms with Gasteiger partial charge in [0.25, 0.3) is 0 Å². The molecule has 0 saturated heterocycles. The molecule has 4 nitrogen and oxygen atoms in total. The molecule has 1 unspecified atom stereocenters. The minimum atomic E-state index is -1.03. The van der Waals surface area contributed by atoms with Gasteiger partial charge in [-0.2, -0.15) is 0 Å². The number of hydrogen-bond acceptors (Lipinski definition) is 4. The Balaban J connectivity index is 3.17. The van der Waals surface area contributed by atoms with Crippen LogP contribution in [-0.4, -0.2) is 31.2 Å². The van der Waals surface area contributed by atoms with Crippen LogP contribution in [0, 0.1) is 5.92 Å². The largest absolute Gasteiger partial charge is 0.496 e. The van der Waals surface area contributed by atoms with Gasteiger partial charge in [-0.15, -0.1) is 0 Å². The maximum Gasteiger partial charge on any atom is 0.199 e. The monoisotopic (exact) mass is 266 g/mol. The molecule has 0 spiro atoms. The van der Waals surface area contributed by atoms with Crippen molar-refractivity contribution < 1.29 is 19.4 Å². The lowest BCUT2D eigenvalue weighted by Gasteiger charge is -2.21. The molecule has 0 aromatic heterocycles. The Morgan fingerprint density at radius 3 is 2.00 bits per heavy atom. The van der Waals surface area contributed by atoms with Gasteiger partial charge in [-0.3, -0.25) is 4.79 Å². The maximum absolute atomic E-state index is 12.5. The molecule has 0 aliphatic heterocycles. The number of Topliss-reactive ketones (excluding diaryl/α,β-unsaturated/α-hetero) is 1. The molecule has 106 valence electrons. The molecule has 1 aromatic rings. The number of benzene rings is 1. The van der Waals surface area contributed by atoms with Gasteiger partial charge in [0.2, 0.25) is 0 Å². The summed E-state index contributed by atoms with van der Waals surface area (Å²) in [6.45, 7) is 3.92. The average Bonchev–Trinajstić information content (AvgIpc) is 2.46. The highest BCUT2D eigenvalue weighted by atomic mass is 16.5. The quantitative estimate of drug-likeness (QED) is 0.771. The number of rotatable bonds is 7. The number of carbonyl (C=O) groups is 1. The third-order valence-electron chi connectivity index (χ3n) is 3.44.